The van der Waals surface area contributed by atoms with E-state index in [0.29, 0.717) is 0 Å². The van der Waals surface area contributed by atoms with Crippen molar-refractivity contribution in [2.24, 2.45) is 0 Å². The van der Waals surface area contributed by atoms with Gasteiger partial charge >= 0.3 is 0 Å². The third-order valence-corrected chi connectivity index (χ3v) is 3.79. The lowest BCUT2D eigenvalue weighted by Gasteiger charge is -2.04. The van der Waals surface area contributed by atoms with Crippen LogP contribution < -0.4 is 15.8 Å². The summed E-state index contributed by atoms with van der Waals surface area (Å²) in [4.78, 5) is 4.58. The molecule has 0 atom stereocenters. The van der Waals surface area contributed by atoms with Crippen LogP contribution in [0.3, 0.4) is 0 Å². The topological polar surface area (TPSA) is 60.2 Å². The second kappa shape index (κ2) is 5.85. The summed E-state index contributed by atoms with van der Waals surface area (Å²) < 4.78 is 5.14. The summed E-state index contributed by atoms with van der Waals surface area (Å²) in [5.74, 6) is 0.833. The average molecular weight is 297 g/mol. The Bertz CT molecular complexity index is 737. The number of hydrogen-bond donors (Lipinski definition) is 2. The Balaban J connectivity index is 1.78. The summed E-state index contributed by atoms with van der Waals surface area (Å²) in [5.41, 5.74) is 9.46. The molecule has 0 radical (unpaired) electrons. The number of nitrogens with one attached hydrogen (secondary N) is 1. The molecule has 0 spiro atoms. The Morgan fingerprint density at radius 1 is 1.14 bits per heavy atom. The molecule has 0 unspecified atom stereocenters. The van der Waals surface area contributed by atoms with Gasteiger partial charge in [-0.05, 0) is 36.4 Å². The van der Waals surface area contributed by atoms with Gasteiger partial charge in [-0.25, -0.2) is 4.98 Å². The van der Waals surface area contributed by atoms with Crippen LogP contribution in [0.15, 0.2) is 53.9 Å². The van der Waals surface area contributed by atoms with Crippen molar-refractivity contribution in [3.05, 3.63) is 53.9 Å². The SMILES string of the molecule is COc1ccc(Nc2nc(-c3cccc(N)c3)cs2)cc1. The molecule has 0 saturated heterocycles. The van der Waals surface area contributed by atoms with E-state index < -0.39 is 0 Å². The van der Waals surface area contributed by atoms with Crippen LogP contribution in [-0.4, -0.2) is 12.1 Å². The van der Waals surface area contributed by atoms with Gasteiger partial charge in [0, 0.05) is 22.3 Å². The number of ether oxygens (including phenoxy) is 1. The normalized spacial score (nSPS) is 10.3. The van der Waals surface area contributed by atoms with Gasteiger partial charge in [-0.2, -0.15) is 0 Å². The molecule has 1 heterocycles. The molecule has 0 fully saturated rings. The van der Waals surface area contributed by atoms with E-state index in [9.17, 15) is 0 Å². The first-order valence-electron chi connectivity index (χ1n) is 6.47. The predicted octanol–water partition coefficient (Wildman–Crippen LogP) is 4.14. The second-order valence-corrected chi connectivity index (χ2v) is 5.37. The molecule has 3 rings (SSSR count). The predicted molar refractivity (Wildman–Crippen MR) is 88.2 cm³/mol. The van der Waals surface area contributed by atoms with Crippen LogP contribution in [0.4, 0.5) is 16.5 Å². The fourth-order valence-corrected chi connectivity index (χ4v) is 2.70. The fourth-order valence-electron chi connectivity index (χ4n) is 1.96. The quantitative estimate of drug-likeness (QED) is 0.710. The number of rotatable bonds is 4. The molecule has 1 aromatic heterocycles. The van der Waals surface area contributed by atoms with Crippen LogP contribution in [0.25, 0.3) is 11.3 Å². The molecule has 0 amide bonds. The molecule has 2 aromatic carbocycles. The number of anilines is 3. The number of methoxy groups -OCH3 is 1. The van der Waals surface area contributed by atoms with E-state index in [-0.39, 0.29) is 0 Å². The van der Waals surface area contributed by atoms with Gasteiger partial charge in [0.15, 0.2) is 5.13 Å². The first-order chi connectivity index (χ1) is 10.2. The van der Waals surface area contributed by atoms with E-state index in [4.69, 9.17) is 10.5 Å². The van der Waals surface area contributed by atoms with E-state index in [1.807, 2.05) is 53.9 Å². The summed E-state index contributed by atoms with van der Waals surface area (Å²) in [6.07, 6.45) is 0. The number of thiazole rings is 1. The van der Waals surface area contributed by atoms with Gasteiger partial charge < -0.3 is 15.8 Å². The van der Waals surface area contributed by atoms with Gasteiger partial charge in [-0.1, -0.05) is 12.1 Å². The molecule has 5 heteroatoms. The van der Waals surface area contributed by atoms with Crippen LogP contribution in [0.5, 0.6) is 5.75 Å². The maximum absolute atomic E-state index is 5.80. The molecule has 21 heavy (non-hydrogen) atoms. The largest absolute Gasteiger partial charge is 0.497 e. The van der Waals surface area contributed by atoms with E-state index >= 15 is 0 Å². The molecule has 4 nitrogen and oxygen atoms in total. The Kier molecular flexibility index (Phi) is 3.75. The third-order valence-electron chi connectivity index (χ3n) is 3.03. The Labute approximate surface area is 127 Å². The third kappa shape index (κ3) is 3.14. The van der Waals surface area contributed by atoms with Crippen LogP contribution in [-0.2, 0) is 0 Å². The molecular formula is C16H15N3OS. The van der Waals surface area contributed by atoms with Crippen molar-refractivity contribution in [3.8, 4) is 17.0 Å². The highest BCUT2D eigenvalue weighted by Gasteiger charge is 2.05. The van der Waals surface area contributed by atoms with Crippen molar-refractivity contribution in [2.75, 3.05) is 18.2 Å². The number of nitrogens with zero attached hydrogens (tertiary/aromatic N) is 1. The van der Waals surface area contributed by atoms with Gasteiger partial charge in [0.1, 0.15) is 5.75 Å². The minimum Gasteiger partial charge on any atom is -0.497 e. The monoisotopic (exact) mass is 297 g/mol. The number of nitrogens with two attached hydrogens (primary N) is 1. The second-order valence-electron chi connectivity index (χ2n) is 4.52. The van der Waals surface area contributed by atoms with Gasteiger partial charge in [-0.15, -0.1) is 11.3 Å². The molecule has 3 N–H and O–H groups in total. The highest BCUT2D eigenvalue weighted by molar-refractivity contribution is 7.14. The standard InChI is InChI=1S/C16H15N3OS/c1-20-14-7-5-13(6-8-14)18-16-19-15(10-21-16)11-3-2-4-12(17)9-11/h2-10H,17H2,1H3,(H,18,19). The Morgan fingerprint density at radius 2 is 1.95 bits per heavy atom. The Hall–Kier alpha value is -2.53. The first-order valence-corrected chi connectivity index (χ1v) is 7.35. The maximum atomic E-state index is 5.80. The molecule has 0 saturated carbocycles. The van der Waals surface area contributed by atoms with Gasteiger partial charge in [-0.3, -0.25) is 0 Å². The molecule has 106 valence electrons. The summed E-state index contributed by atoms with van der Waals surface area (Å²) >= 11 is 1.56. The van der Waals surface area contributed by atoms with Crippen molar-refractivity contribution in [1.29, 1.82) is 0 Å². The average Bonchev–Trinajstić information content (AvgIpc) is 2.97. The number of hydrogen-bond acceptors (Lipinski definition) is 5. The minimum atomic E-state index is 0.741. The van der Waals surface area contributed by atoms with Gasteiger partial charge in [0.2, 0.25) is 0 Å². The van der Waals surface area contributed by atoms with Crippen molar-refractivity contribution < 1.29 is 4.74 Å². The van der Waals surface area contributed by atoms with Crippen molar-refractivity contribution >= 4 is 27.8 Å². The number of benzene rings is 2. The fraction of sp³-hybridized carbons (Fsp3) is 0.0625. The van der Waals surface area contributed by atoms with Crippen molar-refractivity contribution in [2.45, 2.75) is 0 Å². The van der Waals surface area contributed by atoms with Gasteiger partial charge in [0.25, 0.3) is 0 Å². The van der Waals surface area contributed by atoms with E-state index in [1.54, 1.807) is 18.4 Å². The van der Waals surface area contributed by atoms with E-state index in [0.717, 1.165) is 33.5 Å². The molecular weight excluding hydrogens is 282 g/mol. The summed E-state index contributed by atoms with van der Waals surface area (Å²) in [6, 6.07) is 15.5. The van der Waals surface area contributed by atoms with Crippen molar-refractivity contribution in [3.63, 3.8) is 0 Å². The lowest BCUT2D eigenvalue weighted by Crippen LogP contribution is -1.90. The molecule has 0 aliphatic heterocycles. The smallest absolute Gasteiger partial charge is 0.187 e. The van der Waals surface area contributed by atoms with Crippen LogP contribution in [0.2, 0.25) is 0 Å². The lowest BCUT2D eigenvalue weighted by molar-refractivity contribution is 0.415. The van der Waals surface area contributed by atoms with Crippen molar-refractivity contribution in [1.82, 2.24) is 4.98 Å². The summed E-state index contributed by atoms with van der Waals surface area (Å²) in [5, 5.41) is 6.14. The minimum absolute atomic E-state index is 0.741. The summed E-state index contributed by atoms with van der Waals surface area (Å²) in [6.45, 7) is 0. The first kappa shape index (κ1) is 13.5. The Morgan fingerprint density at radius 3 is 2.67 bits per heavy atom. The molecule has 3 aromatic rings. The zero-order valence-electron chi connectivity index (χ0n) is 11.5. The molecule has 0 aliphatic rings. The highest BCUT2D eigenvalue weighted by Crippen LogP contribution is 2.28. The van der Waals surface area contributed by atoms with E-state index in [2.05, 4.69) is 10.3 Å². The van der Waals surface area contributed by atoms with Gasteiger partial charge in [0.05, 0.1) is 12.8 Å². The zero-order chi connectivity index (χ0) is 14.7. The number of aromatic nitrogens is 1. The lowest BCUT2D eigenvalue weighted by atomic mass is 10.1. The summed E-state index contributed by atoms with van der Waals surface area (Å²) in [7, 11) is 1.65. The number of nitrogen functional groups attached to an aromatic ring is 1. The zero-order valence-corrected chi connectivity index (χ0v) is 12.4. The maximum Gasteiger partial charge on any atom is 0.187 e. The van der Waals surface area contributed by atoms with Crippen LogP contribution in [0, 0.1) is 0 Å². The van der Waals surface area contributed by atoms with E-state index in [1.165, 1.54) is 0 Å². The molecule has 0 aliphatic carbocycles. The molecule has 0 bridgehead atoms. The van der Waals surface area contributed by atoms with Crippen LogP contribution in [0.1, 0.15) is 0 Å². The highest BCUT2D eigenvalue weighted by atomic mass is 32.1. The van der Waals surface area contributed by atoms with Crippen LogP contribution >= 0.6 is 11.3 Å².